The Kier molecular flexibility index (Phi) is 7.96. The summed E-state index contributed by atoms with van der Waals surface area (Å²) in [7, 11) is 1.33. The lowest BCUT2D eigenvalue weighted by Gasteiger charge is -2.25. The van der Waals surface area contributed by atoms with E-state index < -0.39 is 35.3 Å². The molecular formula is C14H20O7. The second kappa shape index (κ2) is 8.89. The van der Waals surface area contributed by atoms with Gasteiger partial charge in [0, 0.05) is 12.5 Å². The Bertz CT molecular complexity index is 419. The van der Waals surface area contributed by atoms with Crippen LogP contribution in [0.5, 0.6) is 0 Å². The standard InChI is InChI=1S/C14H20O7/c1-5-20-12(17)14(10(3)15,13(18)21-6-2)9-11(16)7-8-19-4/h7-8H,5-6,9H2,1-4H3/b8-7+. The van der Waals surface area contributed by atoms with Gasteiger partial charge < -0.3 is 14.2 Å². The van der Waals surface area contributed by atoms with Crippen LogP contribution >= 0.6 is 0 Å². The second-order valence-corrected chi connectivity index (χ2v) is 4.08. The van der Waals surface area contributed by atoms with Gasteiger partial charge in [-0.1, -0.05) is 0 Å². The summed E-state index contributed by atoms with van der Waals surface area (Å²) in [6.45, 7) is 4.03. The molecule has 0 aromatic rings. The van der Waals surface area contributed by atoms with Gasteiger partial charge in [0.2, 0.25) is 5.41 Å². The summed E-state index contributed by atoms with van der Waals surface area (Å²) in [6, 6.07) is 0. The van der Waals surface area contributed by atoms with Crippen molar-refractivity contribution in [1.82, 2.24) is 0 Å². The smallest absolute Gasteiger partial charge is 0.331 e. The average molecular weight is 300 g/mol. The van der Waals surface area contributed by atoms with E-state index in [1.165, 1.54) is 21.0 Å². The zero-order chi connectivity index (χ0) is 16.5. The molecule has 0 fully saturated rings. The molecule has 0 radical (unpaired) electrons. The number of hydrogen-bond acceptors (Lipinski definition) is 7. The van der Waals surface area contributed by atoms with E-state index >= 15 is 0 Å². The zero-order valence-corrected chi connectivity index (χ0v) is 12.6. The fourth-order valence-corrected chi connectivity index (χ4v) is 1.61. The van der Waals surface area contributed by atoms with E-state index in [0.29, 0.717) is 0 Å². The third kappa shape index (κ3) is 4.70. The van der Waals surface area contributed by atoms with E-state index in [0.717, 1.165) is 19.3 Å². The predicted octanol–water partition coefficient (Wildman–Crippen LogP) is 0.807. The lowest BCUT2D eigenvalue weighted by atomic mass is 9.79. The van der Waals surface area contributed by atoms with Crippen molar-refractivity contribution < 1.29 is 33.4 Å². The van der Waals surface area contributed by atoms with Crippen LogP contribution in [-0.2, 0) is 33.4 Å². The number of methoxy groups -OCH3 is 1. The van der Waals surface area contributed by atoms with Gasteiger partial charge in [-0.2, -0.15) is 0 Å². The van der Waals surface area contributed by atoms with Gasteiger partial charge in [0.05, 0.1) is 26.6 Å². The molecule has 21 heavy (non-hydrogen) atoms. The highest BCUT2D eigenvalue weighted by molar-refractivity contribution is 6.22. The number of rotatable bonds is 9. The largest absolute Gasteiger partial charge is 0.504 e. The molecule has 0 rings (SSSR count). The van der Waals surface area contributed by atoms with Gasteiger partial charge >= 0.3 is 11.9 Å². The molecule has 0 aliphatic rings. The summed E-state index contributed by atoms with van der Waals surface area (Å²) in [5.74, 6) is -3.61. The summed E-state index contributed by atoms with van der Waals surface area (Å²) in [5.41, 5.74) is -2.28. The van der Waals surface area contributed by atoms with Crippen LogP contribution < -0.4 is 0 Å². The monoisotopic (exact) mass is 300 g/mol. The van der Waals surface area contributed by atoms with Crippen LogP contribution in [0.2, 0.25) is 0 Å². The minimum absolute atomic E-state index is 0.0324. The Labute approximate surface area is 123 Å². The quantitative estimate of drug-likeness (QED) is 0.269. The number of carbonyl (C=O) groups excluding carboxylic acids is 4. The van der Waals surface area contributed by atoms with Gasteiger partial charge in [0.1, 0.15) is 0 Å². The Morgan fingerprint density at radius 2 is 1.48 bits per heavy atom. The highest BCUT2D eigenvalue weighted by Gasteiger charge is 2.54. The molecule has 0 aromatic carbocycles. The van der Waals surface area contributed by atoms with Crippen molar-refractivity contribution in [2.24, 2.45) is 5.41 Å². The number of allylic oxidation sites excluding steroid dienone is 1. The first kappa shape index (κ1) is 18.8. The minimum atomic E-state index is -2.28. The SMILES string of the molecule is CCOC(=O)C(CC(=O)/C=C/OC)(C(C)=O)C(=O)OCC. The van der Waals surface area contributed by atoms with Crippen molar-refractivity contribution in [3.05, 3.63) is 12.3 Å². The van der Waals surface area contributed by atoms with Gasteiger partial charge in [-0.3, -0.25) is 19.2 Å². The maximum atomic E-state index is 12.1. The third-order valence-electron chi connectivity index (χ3n) is 2.68. The average Bonchev–Trinajstić information content (AvgIpc) is 2.42. The summed E-state index contributed by atoms with van der Waals surface area (Å²) in [5, 5.41) is 0. The maximum absolute atomic E-state index is 12.1. The Hall–Kier alpha value is -2.18. The number of ether oxygens (including phenoxy) is 3. The van der Waals surface area contributed by atoms with Gasteiger partial charge in [0.15, 0.2) is 11.6 Å². The highest BCUT2D eigenvalue weighted by Crippen LogP contribution is 2.28. The fraction of sp³-hybridized carbons (Fsp3) is 0.571. The van der Waals surface area contributed by atoms with Crippen LogP contribution in [0.3, 0.4) is 0 Å². The van der Waals surface area contributed by atoms with Gasteiger partial charge in [0.25, 0.3) is 0 Å². The number of hydrogen-bond donors (Lipinski definition) is 0. The molecule has 0 bridgehead atoms. The third-order valence-corrected chi connectivity index (χ3v) is 2.68. The van der Waals surface area contributed by atoms with E-state index in [1.54, 1.807) is 0 Å². The van der Waals surface area contributed by atoms with Crippen LogP contribution in [-0.4, -0.2) is 43.8 Å². The molecule has 0 heterocycles. The minimum Gasteiger partial charge on any atom is -0.504 e. The van der Waals surface area contributed by atoms with E-state index in [2.05, 4.69) is 4.74 Å². The number of esters is 2. The van der Waals surface area contributed by atoms with Crippen molar-refractivity contribution in [2.45, 2.75) is 27.2 Å². The van der Waals surface area contributed by atoms with Crippen molar-refractivity contribution in [3.8, 4) is 0 Å². The Balaban J connectivity index is 5.63. The fourth-order valence-electron chi connectivity index (χ4n) is 1.61. The molecule has 0 aliphatic carbocycles. The summed E-state index contributed by atoms with van der Waals surface area (Å²) in [4.78, 5) is 47.9. The molecular weight excluding hydrogens is 280 g/mol. The van der Waals surface area contributed by atoms with Crippen molar-refractivity contribution in [2.75, 3.05) is 20.3 Å². The molecule has 0 atom stereocenters. The molecule has 0 amide bonds. The molecule has 0 aromatic heterocycles. The number of Topliss-reactive ketones (excluding diaryl/α,β-unsaturated/α-hetero) is 1. The van der Waals surface area contributed by atoms with Crippen LogP contribution in [0.15, 0.2) is 12.3 Å². The first-order chi connectivity index (χ1) is 9.86. The van der Waals surface area contributed by atoms with Crippen LogP contribution in [0.25, 0.3) is 0 Å². The van der Waals surface area contributed by atoms with E-state index in [1.807, 2.05) is 0 Å². The van der Waals surface area contributed by atoms with Crippen LogP contribution in [0.4, 0.5) is 0 Å². The first-order valence-electron chi connectivity index (χ1n) is 6.44. The summed E-state index contributed by atoms with van der Waals surface area (Å²) < 4.78 is 14.1. The molecule has 7 nitrogen and oxygen atoms in total. The lowest BCUT2D eigenvalue weighted by molar-refractivity contribution is -0.175. The van der Waals surface area contributed by atoms with E-state index in [4.69, 9.17) is 9.47 Å². The van der Waals surface area contributed by atoms with Gasteiger partial charge in [-0.05, 0) is 20.8 Å². The number of ketones is 2. The molecule has 0 spiro atoms. The topological polar surface area (TPSA) is 96.0 Å². The Morgan fingerprint density at radius 1 is 1.00 bits per heavy atom. The van der Waals surface area contributed by atoms with Gasteiger partial charge in [-0.25, -0.2) is 0 Å². The van der Waals surface area contributed by atoms with Crippen molar-refractivity contribution >= 4 is 23.5 Å². The van der Waals surface area contributed by atoms with Gasteiger partial charge in [-0.15, -0.1) is 0 Å². The molecule has 0 saturated heterocycles. The van der Waals surface area contributed by atoms with Crippen molar-refractivity contribution in [3.63, 3.8) is 0 Å². The molecule has 0 N–H and O–H groups in total. The molecule has 118 valence electrons. The Morgan fingerprint density at radius 3 is 1.81 bits per heavy atom. The summed E-state index contributed by atoms with van der Waals surface area (Å²) >= 11 is 0. The second-order valence-electron chi connectivity index (χ2n) is 4.08. The predicted molar refractivity (Wildman–Crippen MR) is 72.2 cm³/mol. The molecule has 0 aliphatic heterocycles. The van der Waals surface area contributed by atoms with Crippen molar-refractivity contribution in [1.29, 1.82) is 0 Å². The summed E-state index contributed by atoms with van der Waals surface area (Å²) in [6.07, 6.45) is 1.44. The maximum Gasteiger partial charge on any atom is 0.331 e. The molecule has 0 saturated carbocycles. The van der Waals surface area contributed by atoms with E-state index in [9.17, 15) is 19.2 Å². The molecule has 7 heteroatoms. The number of carbonyl (C=O) groups is 4. The van der Waals surface area contributed by atoms with Crippen LogP contribution in [0.1, 0.15) is 27.2 Å². The lowest BCUT2D eigenvalue weighted by Crippen LogP contribution is -2.48. The van der Waals surface area contributed by atoms with E-state index in [-0.39, 0.29) is 13.2 Å². The van der Waals surface area contributed by atoms with Crippen LogP contribution in [0, 0.1) is 5.41 Å². The highest BCUT2D eigenvalue weighted by atomic mass is 16.6. The zero-order valence-electron chi connectivity index (χ0n) is 12.6. The normalized spacial score (nSPS) is 11.0. The molecule has 0 unspecified atom stereocenters. The first-order valence-corrected chi connectivity index (χ1v) is 6.44.